The van der Waals surface area contributed by atoms with E-state index in [4.69, 9.17) is 5.73 Å². The Morgan fingerprint density at radius 3 is 2.95 bits per heavy atom. The van der Waals surface area contributed by atoms with Crippen LogP contribution < -0.4 is 5.73 Å². The molecule has 3 aliphatic rings. The van der Waals surface area contributed by atoms with Crippen molar-refractivity contribution in [2.45, 2.75) is 57.2 Å². The van der Waals surface area contributed by atoms with Gasteiger partial charge in [-0.2, -0.15) is 0 Å². The predicted octanol–water partition coefficient (Wildman–Crippen LogP) is 2.81. The molecule has 3 atom stereocenters. The van der Waals surface area contributed by atoms with Gasteiger partial charge in [-0.25, -0.2) is 0 Å². The van der Waals surface area contributed by atoms with Gasteiger partial charge < -0.3 is 5.73 Å². The highest BCUT2D eigenvalue weighted by Crippen LogP contribution is 2.39. The van der Waals surface area contributed by atoms with Crippen molar-refractivity contribution in [2.24, 2.45) is 0 Å². The average molecular weight is 285 g/mol. The molecule has 4 rings (SSSR count). The van der Waals surface area contributed by atoms with Gasteiger partial charge in [0.1, 0.15) is 0 Å². The summed E-state index contributed by atoms with van der Waals surface area (Å²) in [5, 5.41) is 0. The minimum Gasteiger partial charge on any atom is -0.399 e. The zero-order chi connectivity index (χ0) is 14.4. The number of hydrogen-bond donors (Lipinski definition) is 1. The van der Waals surface area contributed by atoms with Crippen LogP contribution in [0.2, 0.25) is 0 Å². The molecule has 0 aromatic heterocycles. The second-order valence-corrected chi connectivity index (χ2v) is 7.20. The highest BCUT2D eigenvalue weighted by molar-refractivity contribution is 5.47. The zero-order valence-corrected chi connectivity index (χ0v) is 13.1. The van der Waals surface area contributed by atoms with Crippen molar-refractivity contribution >= 4 is 5.69 Å². The molecule has 2 N–H and O–H groups in total. The lowest BCUT2D eigenvalue weighted by Crippen LogP contribution is -2.59. The number of nitrogens with zero attached hydrogens (tertiary/aromatic N) is 2. The summed E-state index contributed by atoms with van der Waals surface area (Å²) in [6, 6.07) is 8.65. The summed E-state index contributed by atoms with van der Waals surface area (Å²) < 4.78 is 0. The Balaban J connectivity index is 1.57. The van der Waals surface area contributed by atoms with Crippen LogP contribution in [0.4, 0.5) is 5.69 Å². The molecule has 0 amide bonds. The lowest BCUT2D eigenvalue weighted by atomic mass is 9.94. The Labute approximate surface area is 128 Å². The van der Waals surface area contributed by atoms with Gasteiger partial charge in [-0.15, -0.1) is 0 Å². The number of nitrogens with two attached hydrogens (primary N) is 1. The first-order valence-corrected chi connectivity index (χ1v) is 8.60. The number of nitrogen functional groups attached to an aromatic ring is 1. The number of hydrogen-bond acceptors (Lipinski definition) is 3. The molecule has 114 valence electrons. The SMILES string of the molecule is CC1CN2CCCCC2CN1C1CCc2cc(N)ccc21. The Morgan fingerprint density at radius 1 is 1.14 bits per heavy atom. The number of benzene rings is 1. The summed E-state index contributed by atoms with van der Waals surface area (Å²) in [5.74, 6) is 0. The molecule has 3 unspecified atom stereocenters. The number of piperazine rings is 1. The maximum Gasteiger partial charge on any atom is 0.0358 e. The van der Waals surface area contributed by atoms with E-state index in [-0.39, 0.29) is 0 Å². The van der Waals surface area contributed by atoms with E-state index in [1.807, 2.05) is 0 Å². The van der Waals surface area contributed by atoms with E-state index >= 15 is 0 Å². The Morgan fingerprint density at radius 2 is 2.05 bits per heavy atom. The molecule has 2 heterocycles. The van der Waals surface area contributed by atoms with E-state index in [2.05, 4.69) is 34.9 Å². The monoisotopic (exact) mass is 285 g/mol. The van der Waals surface area contributed by atoms with Crippen LogP contribution in [0, 0.1) is 0 Å². The fourth-order valence-corrected chi connectivity index (χ4v) is 4.77. The molecule has 0 spiro atoms. The predicted molar refractivity (Wildman–Crippen MR) is 87.3 cm³/mol. The van der Waals surface area contributed by atoms with Crippen molar-refractivity contribution in [3.63, 3.8) is 0 Å². The van der Waals surface area contributed by atoms with E-state index in [0.29, 0.717) is 12.1 Å². The summed E-state index contributed by atoms with van der Waals surface area (Å²) >= 11 is 0. The molecular formula is C18H27N3. The van der Waals surface area contributed by atoms with Gasteiger partial charge in [-0.1, -0.05) is 12.5 Å². The number of piperidine rings is 1. The molecule has 1 aromatic carbocycles. The normalized spacial score (nSPS) is 33.7. The summed E-state index contributed by atoms with van der Waals surface area (Å²) in [6.07, 6.45) is 6.68. The molecule has 21 heavy (non-hydrogen) atoms. The van der Waals surface area contributed by atoms with Crippen LogP contribution in [-0.2, 0) is 6.42 Å². The van der Waals surface area contributed by atoms with Crippen molar-refractivity contribution in [1.29, 1.82) is 0 Å². The molecular weight excluding hydrogens is 258 g/mol. The van der Waals surface area contributed by atoms with Crippen molar-refractivity contribution < 1.29 is 0 Å². The third-order valence-corrected chi connectivity index (χ3v) is 5.85. The van der Waals surface area contributed by atoms with Crippen LogP contribution in [0.15, 0.2) is 18.2 Å². The lowest BCUT2D eigenvalue weighted by Gasteiger charge is -2.49. The first-order valence-electron chi connectivity index (χ1n) is 8.60. The van der Waals surface area contributed by atoms with Crippen molar-refractivity contribution in [2.75, 3.05) is 25.4 Å². The summed E-state index contributed by atoms with van der Waals surface area (Å²) in [7, 11) is 0. The molecule has 3 heteroatoms. The third kappa shape index (κ3) is 2.36. The topological polar surface area (TPSA) is 32.5 Å². The fourth-order valence-electron chi connectivity index (χ4n) is 4.77. The summed E-state index contributed by atoms with van der Waals surface area (Å²) in [4.78, 5) is 5.53. The standard InChI is InChI=1S/C18H27N3/c1-13-11-20-9-3-2-4-16(20)12-21(13)18-8-5-14-10-15(19)6-7-17(14)18/h6-7,10,13,16,18H,2-5,8-9,11-12,19H2,1H3. The van der Waals surface area contributed by atoms with Crippen LogP contribution in [0.1, 0.15) is 49.8 Å². The zero-order valence-electron chi connectivity index (χ0n) is 13.1. The molecule has 1 aromatic rings. The quantitative estimate of drug-likeness (QED) is 0.805. The van der Waals surface area contributed by atoms with Gasteiger partial charge in [-0.3, -0.25) is 9.80 Å². The van der Waals surface area contributed by atoms with E-state index in [0.717, 1.165) is 11.7 Å². The van der Waals surface area contributed by atoms with Crippen molar-refractivity contribution in [1.82, 2.24) is 9.80 Å². The maximum absolute atomic E-state index is 5.95. The van der Waals surface area contributed by atoms with Crippen LogP contribution in [0.3, 0.4) is 0 Å². The molecule has 0 radical (unpaired) electrons. The molecule has 0 bridgehead atoms. The van der Waals surface area contributed by atoms with Gasteiger partial charge >= 0.3 is 0 Å². The minimum atomic E-state index is 0.625. The average Bonchev–Trinajstić information content (AvgIpc) is 2.89. The second-order valence-electron chi connectivity index (χ2n) is 7.20. The van der Waals surface area contributed by atoms with Gasteiger partial charge in [0.2, 0.25) is 0 Å². The van der Waals surface area contributed by atoms with Gasteiger partial charge in [0, 0.05) is 36.9 Å². The molecule has 2 fully saturated rings. The van der Waals surface area contributed by atoms with Gasteiger partial charge in [0.25, 0.3) is 0 Å². The Bertz CT molecular complexity index is 527. The van der Waals surface area contributed by atoms with Gasteiger partial charge in [0.15, 0.2) is 0 Å². The first-order chi connectivity index (χ1) is 10.2. The summed E-state index contributed by atoms with van der Waals surface area (Å²) in [5.41, 5.74) is 9.89. The van der Waals surface area contributed by atoms with E-state index in [1.165, 1.54) is 57.3 Å². The van der Waals surface area contributed by atoms with Crippen LogP contribution in [0.25, 0.3) is 0 Å². The summed E-state index contributed by atoms with van der Waals surface area (Å²) in [6.45, 7) is 6.25. The lowest BCUT2D eigenvalue weighted by molar-refractivity contribution is -0.00818. The van der Waals surface area contributed by atoms with Crippen LogP contribution >= 0.6 is 0 Å². The number of aryl methyl sites for hydroxylation is 1. The van der Waals surface area contributed by atoms with E-state index < -0.39 is 0 Å². The fraction of sp³-hybridized carbons (Fsp3) is 0.667. The minimum absolute atomic E-state index is 0.625. The molecule has 2 aliphatic heterocycles. The molecule has 1 aliphatic carbocycles. The second kappa shape index (κ2) is 5.29. The molecule has 2 saturated heterocycles. The third-order valence-electron chi connectivity index (χ3n) is 5.85. The van der Waals surface area contributed by atoms with Crippen LogP contribution in [0.5, 0.6) is 0 Å². The number of anilines is 1. The van der Waals surface area contributed by atoms with E-state index in [1.54, 1.807) is 5.56 Å². The van der Waals surface area contributed by atoms with Gasteiger partial charge in [0.05, 0.1) is 0 Å². The van der Waals surface area contributed by atoms with Crippen molar-refractivity contribution in [3.8, 4) is 0 Å². The van der Waals surface area contributed by atoms with Crippen molar-refractivity contribution in [3.05, 3.63) is 29.3 Å². The number of rotatable bonds is 1. The van der Waals surface area contributed by atoms with Gasteiger partial charge in [-0.05, 0) is 62.4 Å². The first kappa shape index (κ1) is 13.6. The maximum atomic E-state index is 5.95. The highest BCUT2D eigenvalue weighted by atomic mass is 15.3. The molecule has 3 nitrogen and oxygen atoms in total. The largest absolute Gasteiger partial charge is 0.399 e. The molecule has 0 saturated carbocycles. The number of fused-ring (bicyclic) bond motifs is 2. The van der Waals surface area contributed by atoms with Crippen LogP contribution in [-0.4, -0.2) is 41.5 Å². The Kier molecular flexibility index (Phi) is 3.43. The van der Waals surface area contributed by atoms with E-state index in [9.17, 15) is 0 Å². The smallest absolute Gasteiger partial charge is 0.0358 e. The highest BCUT2D eigenvalue weighted by Gasteiger charge is 2.38. The Hall–Kier alpha value is -1.06.